The molecule has 0 bridgehead atoms. The highest BCUT2D eigenvalue weighted by molar-refractivity contribution is 5.93. The van der Waals surface area contributed by atoms with Gasteiger partial charge >= 0.3 is 0 Å². The van der Waals surface area contributed by atoms with E-state index < -0.39 is 0 Å². The number of aromatic nitrogens is 5. The highest BCUT2D eigenvalue weighted by Crippen LogP contribution is 2.27. The number of aromatic amines is 1. The van der Waals surface area contributed by atoms with E-state index in [-0.39, 0.29) is 5.91 Å². The Balaban J connectivity index is 1.43. The van der Waals surface area contributed by atoms with E-state index in [4.69, 9.17) is 0 Å². The minimum Gasteiger partial charge on any atom is -0.338 e. The lowest BCUT2D eigenvalue weighted by Crippen LogP contribution is -2.38. The fourth-order valence-corrected chi connectivity index (χ4v) is 3.38. The molecule has 0 spiro atoms. The Kier molecular flexibility index (Phi) is 4.05. The predicted octanol–water partition coefficient (Wildman–Crippen LogP) is 2.22. The van der Waals surface area contributed by atoms with Gasteiger partial charge in [0.25, 0.3) is 5.91 Å². The summed E-state index contributed by atoms with van der Waals surface area (Å²) < 4.78 is 2.07. The molecule has 7 heteroatoms. The Labute approximate surface area is 145 Å². The van der Waals surface area contributed by atoms with E-state index in [0.717, 1.165) is 43.0 Å². The smallest absolute Gasteiger partial charge is 0.271 e. The molecule has 0 aromatic carbocycles. The zero-order chi connectivity index (χ0) is 17.2. The third-order valence-electron chi connectivity index (χ3n) is 4.79. The minimum atomic E-state index is 0.00564. The van der Waals surface area contributed by atoms with Crippen molar-refractivity contribution in [1.29, 1.82) is 0 Å². The molecule has 3 aromatic rings. The van der Waals surface area contributed by atoms with Crippen molar-refractivity contribution < 1.29 is 4.79 Å². The van der Waals surface area contributed by atoms with Crippen LogP contribution < -0.4 is 0 Å². The van der Waals surface area contributed by atoms with Gasteiger partial charge in [0.05, 0.1) is 5.69 Å². The first-order valence-electron chi connectivity index (χ1n) is 8.44. The Morgan fingerprint density at radius 2 is 1.96 bits per heavy atom. The first kappa shape index (κ1) is 15.6. The fraction of sp³-hybridized carbons (Fsp3) is 0.333. The molecule has 0 aliphatic carbocycles. The van der Waals surface area contributed by atoms with Crippen molar-refractivity contribution >= 4 is 5.91 Å². The minimum absolute atomic E-state index is 0.00564. The van der Waals surface area contributed by atoms with Crippen LogP contribution >= 0.6 is 0 Å². The number of H-pyrrole nitrogens is 1. The van der Waals surface area contributed by atoms with Gasteiger partial charge in [-0.25, -0.2) is 4.98 Å². The van der Waals surface area contributed by atoms with Crippen molar-refractivity contribution in [2.24, 2.45) is 7.05 Å². The first-order valence-corrected chi connectivity index (χ1v) is 8.44. The maximum atomic E-state index is 12.7. The largest absolute Gasteiger partial charge is 0.338 e. The summed E-state index contributed by atoms with van der Waals surface area (Å²) in [5, 5.41) is 7.13. The standard InChI is InChI=1S/C18H20N6O/c1-23-11-8-20-17(23)14-4-9-24(10-5-14)18(25)16-12-15(21-22-16)13-2-6-19-7-3-13/h2-3,6-8,11-12,14H,4-5,9-10H2,1H3,(H,21,22). The van der Waals surface area contributed by atoms with Crippen LogP contribution in [0.15, 0.2) is 43.0 Å². The second-order valence-corrected chi connectivity index (χ2v) is 6.37. The van der Waals surface area contributed by atoms with Crippen molar-refractivity contribution in [3.05, 3.63) is 54.5 Å². The van der Waals surface area contributed by atoms with Crippen LogP contribution in [-0.4, -0.2) is 48.6 Å². The summed E-state index contributed by atoms with van der Waals surface area (Å²) in [6, 6.07) is 5.56. The van der Waals surface area contributed by atoms with Crippen LogP contribution in [0.5, 0.6) is 0 Å². The number of pyridine rings is 1. The van der Waals surface area contributed by atoms with Gasteiger partial charge in [0.2, 0.25) is 0 Å². The lowest BCUT2D eigenvalue weighted by Gasteiger charge is -2.31. The monoisotopic (exact) mass is 336 g/mol. The van der Waals surface area contributed by atoms with Crippen LogP contribution in [-0.2, 0) is 7.05 Å². The second-order valence-electron chi connectivity index (χ2n) is 6.37. The summed E-state index contributed by atoms with van der Waals surface area (Å²) in [5.41, 5.74) is 2.23. The Morgan fingerprint density at radius 1 is 1.20 bits per heavy atom. The van der Waals surface area contributed by atoms with Crippen LogP contribution in [0.25, 0.3) is 11.3 Å². The Bertz CT molecular complexity index is 861. The number of nitrogens with zero attached hydrogens (tertiary/aromatic N) is 5. The van der Waals surface area contributed by atoms with Crippen LogP contribution in [0.3, 0.4) is 0 Å². The number of rotatable bonds is 3. The quantitative estimate of drug-likeness (QED) is 0.795. The molecule has 25 heavy (non-hydrogen) atoms. The average Bonchev–Trinajstić information content (AvgIpc) is 3.31. The van der Waals surface area contributed by atoms with Crippen molar-refractivity contribution in [2.75, 3.05) is 13.1 Å². The molecule has 0 saturated carbocycles. The molecule has 1 saturated heterocycles. The zero-order valence-electron chi connectivity index (χ0n) is 14.1. The normalized spacial score (nSPS) is 15.5. The number of carbonyl (C=O) groups excluding carboxylic acids is 1. The first-order chi connectivity index (χ1) is 12.2. The number of nitrogens with one attached hydrogen (secondary N) is 1. The van der Waals surface area contributed by atoms with Gasteiger partial charge in [-0.05, 0) is 31.0 Å². The molecular formula is C18H20N6O. The summed E-state index contributed by atoms with van der Waals surface area (Å²) in [4.78, 5) is 23.1. The van der Waals surface area contributed by atoms with Gasteiger partial charge in [0.1, 0.15) is 11.5 Å². The SMILES string of the molecule is Cn1ccnc1C1CCN(C(=O)c2cc(-c3ccncc3)n[nH]2)CC1. The molecule has 4 rings (SSSR count). The maximum absolute atomic E-state index is 12.7. The topological polar surface area (TPSA) is 79.7 Å². The lowest BCUT2D eigenvalue weighted by molar-refractivity contribution is 0.0704. The highest BCUT2D eigenvalue weighted by Gasteiger charge is 2.27. The van der Waals surface area contributed by atoms with Gasteiger partial charge in [-0.2, -0.15) is 5.10 Å². The third kappa shape index (κ3) is 3.05. The number of piperidine rings is 1. The van der Waals surface area contributed by atoms with E-state index in [2.05, 4.69) is 24.7 Å². The van der Waals surface area contributed by atoms with Gasteiger partial charge in [0.15, 0.2) is 0 Å². The maximum Gasteiger partial charge on any atom is 0.271 e. The number of hydrogen-bond acceptors (Lipinski definition) is 4. The summed E-state index contributed by atoms with van der Waals surface area (Å²) in [6.45, 7) is 1.47. The lowest BCUT2D eigenvalue weighted by atomic mass is 9.95. The molecule has 128 valence electrons. The van der Waals surface area contributed by atoms with E-state index in [1.807, 2.05) is 42.5 Å². The second kappa shape index (κ2) is 6.51. The molecule has 1 fully saturated rings. The summed E-state index contributed by atoms with van der Waals surface area (Å²) >= 11 is 0. The molecule has 3 aromatic heterocycles. The van der Waals surface area contributed by atoms with Crippen LogP contribution in [0.4, 0.5) is 0 Å². The average molecular weight is 336 g/mol. The van der Waals surface area contributed by atoms with E-state index in [1.54, 1.807) is 12.4 Å². The van der Waals surface area contributed by atoms with E-state index >= 15 is 0 Å². The number of amides is 1. The molecule has 1 amide bonds. The summed E-state index contributed by atoms with van der Waals surface area (Å²) in [6.07, 6.45) is 9.10. The molecule has 1 aliphatic rings. The molecule has 4 heterocycles. The number of likely N-dealkylation sites (tertiary alicyclic amines) is 1. The number of carbonyl (C=O) groups is 1. The van der Waals surface area contributed by atoms with Crippen molar-refractivity contribution in [1.82, 2.24) is 29.6 Å². The van der Waals surface area contributed by atoms with Crippen LogP contribution in [0, 0.1) is 0 Å². The zero-order valence-corrected chi connectivity index (χ0v) is 14.1. The van der Waals surface area contributed by atoms with Crippen LogP contribution in [0.1, 0.15) is 35.1 Å². The van der Waals surface area contributed by atoms with Crippen molar-refractivity contribution in [3.8, 4) is 11.3 Å². The van der Waals surface area contributed by atoms with E-state index in [1.165, 1.54) is 0 Å². The molecule has 0 unspecified atom stereocenters. The highest BCUT2D eigenvalue weighted by atomic mass is 16.2. The number of imidazole rings is 1. The summed E-state index contributed by atoms with van der Waals surface area (Å²) in [5.74, 6) is 1.53. The number of hydrogen-bond donors (Lipinski definition) is 1. The number of aryl methyl sites for hydroxylation is 1. The van der Waals surface area contributed by atoms with Crippen molar-refractivity contribution in [2.45, 2.75) is 18.8 Å². The Morgan fingerprint density at radius 3 is 2.64 bits per heavy atom. The molecule has 7 nitrogen and oxygen atoms in total. The van der Waals surface area contributed by atoms with Gasteiger partial charge in [0, 0.05) is 56.4 Å². The molecule has 0 radical (unpaired) electrons. The molecule has 1 aliphatic heterocycles. The van der Waals surface area contributed by atoms with Gasteiger partial charge in [-0.1, -0.05) is 0 Å². The van der Waals surface area contributed by atoms with Gasteiger partial charge in [-0.3, -0.25) is 14.9 Å². The Hall–Kier alpha value is -2.96. The van der Waals surface area contributed by atoms with Gasteiger partial charge in [-0.15, -0.1) is 0 Å². The molecule has 0 atom stereocenters. The van der Waals surface area contributed by atoms with Crippen molar-refractivity contribution in [3.63, 3.8) is 0 Å². The van der Waals surface area contributed by atoms with E-state index in [9.17, 15) is 4.79 Å². The van der Waals surface area contributed by atoms with E-state index in [0.29, 0.717) is 11.6 Å². The van der Waals surface area contributed by atoms with Gasteiger partial charge < -0.3 is 9.47 Å². The molecule has 1 N–H and O–H groups in total. The molecular weight excluding hydrogens is 316 g/mol. The van der Waals surface area contributed by atoms with Crippen LogP contribution in [0.2, 0.25) is 0 Å². The predicted molar refractivity (Wildman–Crippen MR) is 92.9 cm³/mol. The fourth-order valence-electron chi connectivity index (χ4n) is 3.38. The third-order valence-corrected chi connectivity index (χ3v) is 4.79. The summed E-state index contributed by atoms with van der Waals surface area (Å²) in [7, 11) is 2.02.